The largest absolute Gasteiger partial charge is 0.491 e. The van der Waals surface area contributed by atoms with Crippen molar-refractivity contribution in [1.82, 2.24) is 9.97 Å². The van der Waals surface area contributed by atoms with E-state index in [2.05, 4.69) is 26.7 Å². The standard InChI is InChI=1S/C23H30N4O2/c1-15(2)29-17-7-9-18-19(10-8-17)26-22(18)20-12-21(25-14-24-20)27-11-5-6-16(13-27)23(3,4)28/h7-8,12,14-16,19,28H,5-6,10-11,13H2,1-4H3. The lowest BCUT2D eigenvalue weighted by molar-refractivity contribution is 0.0109. The molecule has 6 nitrogen and oxygen atoms in total. The van der Waals surface area contributed by atoms with Crippen molar-refractivity contribution < 1.29 is 9.84 Å². The summed E-state index contributed by atoms with van der Waals surface area (Å²) < 4.78 is 5.80. The molecule has 0 amide bonds. The summed E-state index contributed by atoms with van der Waals surface area (Å²) in [6.07, 6.45) is 8.66. The van der Waals surface area contributed by atoms with Crippen molar-refractivity contribution in [3.63, 3.8) is 0 Å². The molecule has 0 spiro atoms. The normalized spacial score (nSPS) is 24.2. The van der Waals surface area contributed by atoms with Crippen molar-refractivity contribution in [3.8, 4) is 0 Å². The first kappa shape index (κ1) is 19.9. The Balaban J connectivity index is 1.54. The minimum absolute atomic E-state index is 0.127. The molecule has 2 unspecified atom stereocenters. The van der Waals surface area contributed by atoms with E-state index in [4.69, 9.17) is 9.73 Å². The van der Waals surface area contributed by atoms with E-state index in [-0.39, 0.29) is 18.1 Å². The van der Waals surface area contributed by atoms with Crippen molar-refractivity contribution in [2.24, 2.45) is 10.9 Å². The first-order valence-corrected chi connectivity index (χ1v) is 10.5. The minimum atomic E-state index is -0.682. The van der Waals surface area contributed by atoms with E-state index in [0.29, 0.717) is 0 Å². The van der Waals surface area contributed by atoms with Crippen LogP contribution < -0.4 is 4.90 Å². The minimum Gasteiger partial charge on any atom is -0.491 e. The summed E-state index contributed by atoms with van der Waals surface area (Å²) in [7, 11) is 0. The molecule has 2 aliphatic heterocycles. The van der Waals surface area contributed by atoms with E-state index in [0.717, 1.165) is 60.9 Å². The fraction of sp³-hybridized carbons (Fsp3) is 0.565. The van der Waals surface area contributed by atoms with E-state index >= 15 is 0 Å². The van der Waals surface area contributed by atoms with Gasteiger partial charge in [0.25, 0.3) is 0 Å². The van der Waals surface area contributed by atoms with Gasteiger partial charge >= 0.3 is 0 Å². The zero-order chi connectivity index (χ0) is 20.6. The Labute approximate surface area is 172 Å². The molecule has 3 aliphatic rings. The van der Waals surface area contributed by atoms with Gasteiger partial charge in [0, 0.05) is 36.7 Å². The molecule has 4 rings (SSSR count). The molecule has 0 bridgehead atoms. The number of fused-ring (bicyclic) bond motifs is 1. The first-order chi connectivity index (χ1) is 13.8. The van der Waals surface area contributed by atoms with Crippen LogP contribution in [0, 0.1) is 5.92 Å². The summed E-state index contributed by atoms with van der Waals surface area (Å²) in [6, 6.07) is 2.14. The van der Waals surface area contributed by atoms with Crippen LogP contribution in [0.3, 0.4) is 0 Å². The highest BCUT2D eigenvalue weighted by Crippen LogP contribution is 2.32. The molecule has 1 aromatic rings. The summed E-state index contributed by atoms with van der Waals surface area (Å²) in [4.78, 5) is 16.0. The maximum atomic E-state index is 10.4. The molecule has 0 saturated carbocycles. The van der Waals surface area contributed by atoms with Crippen molar-refractivity contribution >= 4 is 11.5 Å². The second-order valence-electron chi connectivity index (χ2n) is 8.90. The number of anilines is 1. The van der Waals surface area contributed by atoms with E-state index in [1.54, 1.807) is 6.33 Å². The van der Waals surface area contributed by atoms with E-state index in [1.807, 2.05) is 39.8 Å². The fourth-order valence-electron chi connectivity index (χ4n) is 4.12. The molecule has 1 saturated heterocycles. The molecular formula is C23H30N4O2. The van der Waals surface area contributed by atoms with Crippen LogP contribution in [0.2, 0.25) is 0 Å². The Hall–Kier alpha value is -2.43. The Morgan fingerprint density at radius 1 is 1.31 bits per heavy atom. The maximum absolute atomic E-state index is 10.4. The van der Waals surface area contributed by atoms with E-state index < -0.39 is 5.60 Å². The topological polar surface area (TPSA) is 70.8 Å². The first-order valence-electron chi connectivity index (χ1n) is 10.5. The van der Waals surface area contributed by atoms with Gasteiger partial charge in [-0.05, 0) is 53.0 Å². The molecule has 154 valence electrons. The lowest BCUT2D eigenvalue weighted by Crippen LogP contribution is -2.45. The molecule has 3 heterocycles. The molecule has 1 aliphatic carbocycles. The molecule has 0 radical (unpaired) electrons. The number of aliphatic imine (C=N–C) groups is 1. The second kappa shape index (κ2) is 7.77. The van der Waals surface area contributed by atoms with Crippen molar-refractivity contribution in [3.05, 3.63) is 47.3 Å². The smallest absolute Gasteiger partial charge is 0.132 e. The van der Waals surface area contributed by atoms with Crippen LogP contribution >= 0.6 is 0 Å². The van der Waals surface area contributed by atoms with Gasteiger partial charge in [-0.2, -0.15) is 0 Å². The van der Waals surface area contributed by atoms with Crippen LogP contribution in [-0.4, -0.2) is 51.6 Å². The monoisotopic (exact) mass is 394 g/mol. The van der Waals surface area contributed by atoms with Crippen LogP contribution in [0.4, 0.5) is 5.82 Å². The number of rotatable bonds is 5. The van der Waals surface area contributed by atoms with Gasteiger partial charge in [0.1, 0.15) is 17.9 Å². The molecule has 2 atom stereocenters. The van der Waals surface area contributed by atoms with Gasteiger partial charge in [-0.3, -0.25) is 4.99 Å². The number of aromatic nitrogens is 2. The van der Waals surface area contributed by atoms with E-state index in [9.17, 15) is 5.11 Å². The number of hydrogen-bond acceptors (Lipinski definition) is 6. The summed E-state index contributed by atoms with van der Waals surface area (Å²) in [5.41, 5.74) is 5.50. The van der Waals surface area contributed by atoms with Crippen LogP contribution in [0.1, 0.15) is 52.7 Å². The third kappa shape index (κ3) is 4.29. The van der Waals surface area contributed by atoms with Crippen LogP contribution in [-0.2, 0) is 4.74 Å². The quantitative estimate of drug-likeness (QED) is 0.775. The Bertz CT molecular complexity index is 904. The van der Waals surface area contributed by atoms with Gasteiger partial charge in [0.05, 0.1) is 29.2 Å². The van der Waals surface area contributed by atoms with Crippen LogP contribution in [0.15, 0.2) is 46.6 Å². The summed E-state index contributed by atoms with van der Waals surface area (Å²) >= 11 is 0. The zero-order valence-corrected chi connectivity index (χ0v) is 17.7. The van der Waals surface area contributed by atoms with Gasteiger partial charge < -0.3 is 14.7 Å². The molecule has 6 heteroatoms. The Morgan fingerprint density at radius 3 is 2.90 bits per heavy atom. The summed E-state index contributed by atoms with van der Waals surface area (Å²) in [6.45, 7) is 9.58. The van der Waals surface area contributed by atoms with Gasteiger partial charge in [0.2, 0.25) is 0 Å². The number of ether oxygens (including phenoxy) is 1. The zero-order valence-electron chi connectivity index (χ0n) is 17.7. The number of piperidine rings is 1. The fourth-order valence-corrected chi connectivity index (χ4v) is 4.12. The van der Waals surface area contributed by atoms with Gasteiger partial charge in [-0.25, -0.2) is 9.97 Å². The van der Waals surface area contributed by atoms with Gasteiger partial charge in [0.15, 0.2) is 0 Å². The predicted octanol–water partition coefficient (Wildman–Crippen LogP) is 3.43. The molecule has 1 N–H and O–H groups in total. The highest BCUT2D eigenvalue weighted by molar-refractivity contribution is 6.16. The van der Waals surface area contributed by atoms with Crippen molar-refractivity contribution in [2.75, 3.05) is 18.0 Å². The Kier molecular flexibility index (Phi) is 5.32. The maximum Gasteiger partial charge on any atom is 0.132 e. The lowest BCUT2D eigenvalue weighted by Gasteiger charge is -2.39. The molecule has 0 aromatic carbocycles. The molecule has 1 aromatic heterocycles. The average molecular weight is 395 g/mol. The lowest BCUT2D eigenvalue weighted by atomic mass is 9.84. The summed E-state index contributed by atoms with van der Waals surface area (Å²) in [5.74, 6) is 1.99. The number of aliphatic hydroxyl groups is 1. The van der Waals surface area contributed by atoms with Crippen molar-refractivity contribution in [1.29, 1.82) is 0 Å². The van der Waals surface area contributed by atoms with Crippen LogP contribution in [0.25, 0.3) is 0 Å². The second-order valence-corrected chi connectivity index (χ2v) is 8.90. The van der Waals surface area contributed by atoms with Crippen LogP contribution in [0.5, 0.6) is 0 Å². The number of allylic oxidation sites excluding steroid dienone is 1. The van der Waals surface area contributed by atoms with E-state index in [1.165, 1.54) is 0 Å². The SMILES string of the molecule is CC(C)OC1=CCC2N=C(c3cc(N4CCCC(C(C)(C)O)C4)ncn3)C2=C=C1. The predicted molar refractivity (Wildman–Crippen MR) is 114 cm³/mol. The number of hydrogen-bond donors (Lipinski definition) is 1. The van der Waals surface area contributed by atoms with Gasteiger partial charge in [-0.15, -0.1) is 5.73 Å². The average Bonchev–Trinajstić information content (AvgIpc) is 2.80. The Morgan fingerprint density at radius 2 is 2.14 bits per heavy atom. The highest BCUT2D eigenvalue weighted by Gasteiger charge is 2.33. The van der Waals surface area contributed by atoms with Gasteiger partial charge in [-0.1, -0.05) is 0 Å². The molecule has 1 fully saturated rings. The number of nitrogens with zero attached hydrogens (tertiary/aromatic N) is 4. The molecule has 29 heavy (non-hydrogen) atoms. The molecular weight excluding hydrogens is 364 g/mol. The third-order valence-corrected chi connectivity index (χ3v) is 5.80. The summed E-state index contributed by atoms with van der Waals surface area (Å²) in [5, 5.41) is 10.4. The highest BCUT2D eigenvalue weighted by atomic mass is 16.5. The third-order valence-electron chi connectivity index (χ3n) is 5.80. The van der Waals surface area contributed by atoms with Crippen molar-refractivity contribution in [2.45, 2.75) is 64.7 Å².